The molecule has 7 aromatic rings. The van der Waals surface area contributed by atoms with Gasteiger partial charge in [0.15, 0.2) is 0 Å². The fourth-order valence-corrected chi connectivity index (χ4v) is 7.62. The maximum absolute atomic E-state index is 6.70. The van der Waals surface area contributed by atoms with Crippen LogP contribution in [0.25, 0.3) is 44.4 Å². The number of hydrogen-bond donors (Lipinski definition) is 0. The fraction of sp³-hybridized carbons (Fsp3) is 0.304. The van der Waals surface area contributed by atoms with E-state index in [4.69, 9.17) is 14.8 Å². The van der Waals surface area contributed by atoms with Crippen molar-refractivity contribution in [3.8, 4) is 34.1 Å². The number of aromatic nitrogens is 4. The van der Waals surface area contributed by atoms with Gasteiger partial charge in [0.2, 0.25) is 0 Å². The van der Waals surface area contributed by atoms with E-state index in [9.17, 15) is 0 Å². The summed E-state index contributed by atoms with van der Waals surface area (Å²) in [6.07, 6.45) is 4.89. The van der Waals surface area contributed by atoms with Crippen LogP contribution in [0.3, 0.4) is 0 Å². The summed E-state index contributed by atoms with van der Waals surface area (Å²) in [7, 11) is 0. The third-order valence-electron chi connectivity index (χ3n) is 9.79. The second-order valence-corrected chi connectivity index (χ2v) is 14.8. The molecule has 0 atom stereocenters. The summed E-state index contributed by atoms with van der Waals surface area (Å²) in [5.41, 5.74) is 13.9. The first-order chi connectivity index (χ1) is 24.5. The van der Waals surface area contributed by atoms with Crippen molar-refractivity contribution in [2.45, 2.75) is 87.5 Å². The number of aryl methyl sites for hydroxylation is 5. The van der Waals surface area contributed by atoms with Crippen molar-refractivity contribution in [1.29, 1.82) is 0 Å². The predicted molar refractivity (Wildman–Crippen MR) is 211 cm³/mol. The minimum absolute atomic E-state index is 0. The average molecular weight is 868 g/mol. The normalized spacial score (nSPS) is 11.6. The van der Waals surface area contributed by atoms with Crippen molar-refractivity contribution in [2.24, 2.45) is 5.92 Å². The Morgan fingerprint density at radius 1 is 0.788 bits per heavy atom. The molecule has 0 radical (unpaired) electrons. The molecule has 0 N–H and O–H groups in total. The van der Waals surface area contributed by atoms with Crippen molar-refractivity contribution >= 4 is 21.8 Å². The summed E-state index contributed by atoms with van der Waals surface area (Å²) in [4.78, 5) is 4.81. The zero-order valence-electron chi connectivity index (χ0n) is 31.8. The van der Waals surface area contributed by atoms with E-state index in [1.54, 1.807) is 0 Å². The van der Waals surface area contributed by atoms with Crippen molar-refractivity contribution in [1.82, 2.24) is 19.3 Å². The van der Waals surface area contributed by atoms with Crippen LogP contribution in [0.4, 0.5) is 0 Å². The molecular formula is C46H48N4OPt. The maximum Gasteiger partial charge on any atom is 2.00 e. The van der Waals surface area contributed by atoms with Gasteiger partial charge < -0.3 is 9.30 Å². The van der Waals surface area contributed by atoms with Crippen LogP contribution in [0.1, 0.15) is 86.2 Å². The van der Waals surface area contributed by atoms with Gasteiger partial charge >= 0.3 is 21.1 Å². The predicted octanol–water partition coefficient (Wildman–Crippen LogP) is 11.9. The topological polar surface area (TPSA) is 44.9 Å². The molecule has 6 heteroatoms. The molecule has 3 aromatic heterocycles. The molecule has 0 unspecified atom stereocenters. The van der Waals surface area contributed by atoms with E-state index >= 15 is 0 Å². The zero-order chi connectivity index (χ0) is 36.0. The van der Waals surface area contributed by atoms with E-state index in [0.717, 1.165) is 58.3 Å². The van der Waals surface area contributed by atoms with Crippen LogP contribution in [-0.2, 0) is 33.9 Å². The van der Waals surface area contributed by atoms with Gasteiger partial charge in [0.1, 0.15) is 5.82 Å². The number of pyridine rings is 1. The van der Waals surface area contributed by atoms with Gasteiger partial charge in [0, 0.05) is 28.8 Å². The number of rotatable bonds is 10. The van der Waals surface area contributed by atoms with Crippen LogP contribution in [0.5, 0.6) is 11.5 Å². The molecule has 0 saturated heterocycles. The van der Waals surface area contributed by atoms with Gasteiger partial charge in [-0.3, -0.25) is 4.68 Å². The zero-order valence-corrected chi connectivity index (χ0v) is 34.1. The third kappa shape index (κ3) is 7.13. The number of para-hydroxylation sites is 1. The van der Waals surface area contributed by atoms with E-state index in [1.807, 2.05) is 12.3 Å². The molecule has 268 valence electrons. The van der Waals surface area contributed by atoms with E-state index in [2.05, 4.69) is 150 Å². The third-order valence-corrected chi connectivity index (χ3v) is 9.79. The van der Waals surface area contributed by atoms with Gasteiger partial charge in [0.05, 0.1) is 11.4 Å². The molecule has 0 bridgehead atoms. The summed E-state index contributed by atoms with van der Waals surface area (Å²) in [5, 5.41) is 7.48. The molecule has 0 aliphatic heterocycles. The Hall–Kier alpha value is -4.47. The van der Waals surface area contributed by atoms with Crippen LogP contribution in [0.2, 0.25) is 0 Å². The molecule has 0 spiro atoms. The molecule has 3 heterocycles. The molecule has 0 saturated carbocycles. The molecule has 0 amide bonds. The van der Waals surface area contributed by atoms with Crippen LogP contribution in [-0.4, -0.2) is 19.3 Å². The van der Waals surface area contributed by atoms with Gasteiger partial charge in [-0.1, -0.05) is 82.5 Å². The Kier molecular flexibility index (Phi) is 10.9. The van der Waals surface area contributed by atoms with Gasteiger partial charge in [-0.25, -0.2) is 4.98 Å². The largest absolute Gasteiger partial charge is 2.00 e. The molecule has 52 heavy (non-hydrogen) atoms. The standard InChI is InChI=1S/C46H48N4O.Pt/c1-10-13-34-18-19-47-44(23-34)49-41-15-12-11-14-39(41)40-17-16-37(27-42(40)49)51-38-25-35(29(4)5)24-36(26-38)50-43(20-28(2)3)46(33(9)48-50)45-31(7)21-30(6)22-32(45)8;/h11-12,14-19,21-25,28-29H,10,13,20H2,1-9H3;/q-2;+2. The smallest absolute Gasteiger partial charge is 0.509 e. The van der Waals surface area contributed by atoms with Crippen LogP contribution >= 0.6 is 0 Å². The molecule has 0 aliphatic carbocycles. The minimum atomic E-state index is 0. The van der Waals surface area contributed by atoms with Crippen LogP contribution < -0.4 is 4.74 Å². The van der Waals surface area contributed by atoms with Gasteiger partial charge in [-0.05, 0) is 104 Å². The molecular weight excluding hydrogens is 820 g/mol. The Balaban J connectivity index is 0.00000464. The van der Waals surface area contributed by atoms with Gasteiger partial charge in [0.25, 0.3) is 0 Å². The summed E-state index contributed by atoms with van der Waals surface area (Å²) < 4.78 is 11.0. The summed E-state index contributed by atoms with van der Waals surface area (Å²) in [6, 6.07) is 33.1. The van der Waals surface area contributed by atoms with Gasteiger partial charge in [-0.2, -0.15) is 11.2 Å². The van der Waals surface area contributed by atoms with Crippen molar-refractivity contribution in [3.63, 3.8) is 0 Å². The second-order valence-electron chi connectivity index (χ2n) is 14.8. The first-order valence-electron chi connectivity index (χ1n) is 18.3. The summed E-state index contributed by atoms with van der Waals surface area (Å²) in [6.45, 7) is 19.9. The van der Waals surface area contributed by atoms with Crippen molar-refractivity contribution in [2.75, 3.05) is 0 Å². The Morgan fingerprint density at radius 3 is 2.25 bits per heavy atom. The molecule has 0 aliphatic rings. The Morgan fingerprint density at radius 2 is 1.54 bits per heavy atom. The van der Waals surface area contributed by atoms with Gasteiger partial charge in [-0.15, -0.1) is 41.3 Å². The van der Waals surface area contributed by atoms with Crippen molar-refractivity contribution in [3.05, 3.63) is 130 Å². The number of hydrogen-bond acceptors (Lipinski definition) is 3. The van der Waals surface area contributed by atoms with Crippen LogP contribution in [0.15, 0.2) is 79.0 Å². The minimum Gasteiger partial charge on any atom is -0.509 e. The first kappa shape index (κ1) is 37.3. The maximum atomic E-state index is 6.70. The molecule has 7 rings (SSSR count). The number of ether oxygens (including phenoxy) is 1. The summed E-state index contributed by atoms with van der Waals surface area (Å²) >= 11 is 0. The molecule has 0 fully saturated rings. The quantitative estimate of drug-likeness (QED) is 0.129. The van der Waals surface area contributed by atoms with E-state index < -0.39 is 0 Å². The first-order valence-corrected chi connectivity index (χ1v) is 18.3. The van der Waals surface area contributed by atoms with Crippen LogP contribution in [0, 0.1) is 45.7 Å². The summed E-state index contributed by atoms with van der Waals surface area (Å²) in [5.74, 6) is 2.88. The fourth-order valence-electron chi connectivity index (χ4n) is 7.62. The SMILES string of the molecule is CCCc1ccnc(-n2c3[c-]c(Oc4[c-]c(-n5nc(C)c(-c6c(C)cc(C)cc6C)c5CC(C)C)cc(C(C)C)c4)ccc3c3ccccc32)c1.[Pt+2]. The number of benzene rings is 4. The van der Waals surface area contributed by atoms with E-state index in [-0.39, 0.29) is 27.0 Å². The molecule has 4 aromatic carbocycles. The van der Waals surface area contributed by atoms with E-state index in [1.165, 1.54) is 44.6 Å². The molecule has 5 nitrogen and oxygen atoms in total. The van der Waals surface area contributed by atoms with E-state index in [0.29, 0.717) is 17.4 Å². The van der Waals surface area contributed by atoms with Crippen molar-refractivity contribution < 1.29 is 25.8 Å². The Bertz CT molecular complexity index is 2370. The monoisotopic (exact) mass is 867 g/mol. The number of nitrogens with zero attached hydrogens (tertiary/aromatic N) is 4. The second kappa shape index (κ2) is 15.2. The average Bonchev–Trinajstić information content (AvgIpc) is 3.58. The number of fused-ring (bicyclic) bond motifs is 3. The Labute approximate surface area is 323 Å².